The van der Waals surface area contributed by atoms with Crippen LogP contribution in [0.15, 0.2) is 72.8 Å². The molecule has 5 nitrogen and oxygen atoms in total. The van der Waals surface area contributed by atoms with Crippen molar-refractivity contribution in [2.45, 2.75) is 45.4 Å². The van der Waals surface area contributed by atoms with Gasteiger partial charge in [-0.05, 0) is 42.7 Å². The largest absolute Gasteiger partial charge is 0.444 e. The topological polar surface area (TPSA) is 58.6 Å². The van der Waals surface area contributed by atoms with Gasteiger partial charge >= 0.3 is 6.09 Å². The molecule has 5 heteroatoms. The molecule has 31 heavy (non-hydrogen) atoms. The Hall–Kier alpha value is -3.34. The van der Waals surface area contributed by atoms with Gasteiger partial charge in [0, 0.05) is 20.0 Å². The summed E-state index contributed by atoms with van der Waals surface area (Å²) >= 11 is 0. The van der Waals surface area contributed by atoms with E-state index >= 15 is 0 Å². The highest BCUT2D eigenvalue weighted by Crippen LogP contribution is 2.18. The molecule has 0 heterocycles. The number of amides is 2. The van der Waals surface area contributed by atoms with Crippen LogP contribution in [0.4, 0.5) is 4.79 Å². The van der Waals surface area contributed by atoms with Crippen molar-refractivity contribution in [3.05, 3.63) is 83.9 Å². The van der Waals surface area contributed by atoms with E-state index in [9.17, 15) is 9.59 Å². The normalized spacial score (nSPS) is 12.3. The number of fused-ring (bicyclic) bond motifs is 1. The minimum atomic E-state index is -0.732. The second-order valence-corrected chi connectivity index (χ2v) is 8.76. The van der Waals surface area contributed by atoms with E-state index in [-0.39, 0.29) is 5.91 Å². The van der Waals surface area contributed by atoms with Crippen molar-refractivity contribution in [1.82, 2.24) is 10.2 Å². The quantitative estimate of drug-likeness (QED) is 0.617. The lowest BCUT2D eigenvalue weighted by Crippen LogP contribution is -2.49. The van der Waals surface area contributed by atoms with Gasteiger partial charge in [0.1, 0.15) is 11.6 Å². The van der Waals surface area contributed by atoms with Crippen molar-refractivity contribution >= 4 is 22.8 Å². The molecule has 1 atom stereocenters. The highest BCUT2D eigenvalue weighted by Gasteiger charge is 2.27. The zero-order valence-electron chi connectivity index (χ0n) is 18.6. The zero-order valence-corrected chi connectivity index (χ0v) is 18.6. The maximum absolute atomic E-state index is 13.3. The minimum Gasteiger partial charge on any atom is -0.444 e. The third-order valence-corrected chi connectivity index (χ3v) is 4.88. The van der Waals surface area contributed by atoms with Gasteiger partial charge in [0.25, 0.3) is 0 Å². The molecular weight excluding hydrogens is 388 g/mol. The van der Waals surface area contributed by atoms with E-state index < -0.39 is 17.7 Å². The molecule has 3 aromatic rings. The van der Waals surface area contributed by atoms with Gasteiger partial charge in [0.2, 0.25) is 5.91 Å². The molecule has 0 aliphatic heterocycles. The molecule has 0 saturated heterocycles. The number of rotatable bonds is 6. The Morgan fingerprint density at radius 1 is 0.903 bits per heavy atom. The van der Waals surface area contributed by atoms with Crippen LogP contribution in [0.2, 0.25) is 0 Å². The first-order valence-corrected chi connectivity index (χ1v) is 10.5. The molecule has 0 radical (unpaired) electrons. The third-order valence-electron chi connectivity index (χ3n) is 4.88. The van der Waals surface area contributed by atoms with E-state index in [1.165, 1.54) is 0 Å². The molecular formula is C26H30N2O3. The number of ether oxygens (including phenoxy) is 1. The van der Waals surface area contributed by atoms with E-state index in [1.54, 1.807) is 32.7 Å². The molecule has 3 rings (SSSR count). The lowest BCUT2D eigenvalue weighted by Gasteiger charge is -2.27. The number of hydrogen-bond donors (Lipinski definition) is 1. The number of hydrogen-bond acceptors (Lipinski definition) is 3. The second-order valence-electron chi connectivity index (χ2n) is 8.76. The fourth-order valence-corrected chi connectivity index (χ4v) is 3.45. The summed E-state index contributed by atoms with van der Waals surface area (Å²) in [6.07, 6.45) is -0.220. The molecule has 0 aromatic heterocycles. The first kappa shape index (κ1) is 22.3. The van der Waals surface area contributed by atoms with Gasteiger partial charge < -0.3 is 15.0 Å². The highest BCUT2D eigenvalue weighted by atomic mass is 16.6. The number of likely N-dealkylation sites (N-methyl/N-ethyl adjacent to an activating group) is 1. The first-order valence-electron chi connectivity index (χ1n) is 10.5. The second kappa shape index (κ2) is 9.65. The Morgan fingerprint density at radius 3 is 2.23 bits per heavy atom. The van der Waals surface area contributed by atoms with E-state index in [0.29, 0.717) is 13.0 Å². The molecule has 3 aromatic carbocycles. The lowest BCUT2D eigenvalue weighted by atomic mass is 10.0. The van der Waals surface area contributed by atoms with Crippen LogP contribution in [0.5, 0.6) is 0 Å². The van der Waals surface area contributed by atoms with Gasteiger partial charge in [0.05, 0.1) is 0 Å². The van der Waals surface area contributed by atoms with Crippen LogP contribution in [-0.4, -0.2) is 35.6 Å². The molecule has 0 unspecified atom stereocenters. The average Bonchev–Trinajstić information content (AvgIpc) is 2.72. The Kier molecular flexibility index (Phi) is 6.95. The Morgan fingerprint density at radius 2 is 1.55 bits per heavy atom. The Labute approximate surface area is 184 Å². The molecule has 0 aliphatic carbocycles. The number of alkyl carbamates (subject to hydrolysis) is 1. The van der Waals surface area contributed by atoms with Crippen molar-refractivity contribution in [2.24, 2.45) is 0 Å². The molecule has 162 valence electrons. The smallest absolute Gasteiger partial charge is 0.408 e. The van der Waals surface area contributed by atoms with E-state index in [2.05, 4.69) is 11.4 Å². The van der Waals surface area contributed by atoms with Crippen LogP contribution in [0.3, 0.4) is 0 Å². The summed E-state index contributed by atoms with van der Waals surface area (Å²) in [6, 6.07) is 23.2. The standard InChI is InChI=1S/C26H30N2O3/c1-26(2,3)31-25(30)27-23(24(29)28(4)18-19-10-6-5-7-11-19)17-20-14-15-21-12-8-9-13-22(21)16-20/h5-16,23H,17-18H2,1-4H3,(H,27,30)/t23-/m0/s1. The highest BCUT2D eigenvalue weighted by molar-refractivity contribution is 5.87. The molecule has 1 N–H and O–H groups in total. The summed E-state index contributed by atoms with van der Waals surface area (Å²) in [5.41, 5.74) is 1.36. The average molecular weight is 419 g/mol. The Bertz CT molecular complexity index is 1040. The van der Waals surface area contributed by atoms with E-state index in [0.717, 1.165) is 21.9 Å². The van der Waals surface area contributed by atoms with Crippen LogP contribution in [0.25, 0.3) is 10.8 Å². The molecule has 0 bridgehead atoms. The molecule has 0 saturated carbocycles. The van der Waals surface area contributed by atoms with E-state index in [4.69, 9.17) is 4.74 Å². The molecule has 0 spiro atoms. The summed E-state index contributed by atoms with van der Waals surface area (Å²) in [7, 11) is 1.75. The maximum atomic E-state index is 13.3. The van der Waals surface area contributed by atoms with Crippen molar-refractivity contribution in [3.8, 4) is 0 Å². The number of benzene rings is 3. The van der Waals surface area contributed by atoms with E-state index in [1.807, 2.05) is 66.7 Å². The van der Waals surface area contributed by atoms with Crippen molar-refractivity contribution in [1.29, 1.82) is 0 Å². The SMILES string of the molecule is CN(Cc1ccccc1)C(=O)[C@H](Cc1ccc2ccccc2c1)NC(=O)OC(C)(C)C. The zero-order chi connectivity index (χ0) is 22.4. The van der Waals surface area contributed by atoms with Crippen LogP contribution in [0.1, 0.15) is 31.9 Å². The first-order chi connectivity index (χ1) is 14.7. The lowest BCUT2D eigenvalue weighted by molar-refractivity contribution is -0.132. The van der Waals surface area contributed by atoms with Crippen LogP contribution in [-0.2, 0) is 22.5 Å². The number of carbonyl (C=O) groups excluding carboxylic acids is 2. The fourth-order valence-electron chi connectivity index (χ4n) is 3.45. The summed E-state index contributed by atoms with van der Waals surface area (Å²) in [6.45, 7) is 5.86. The van der Waals surface area contributed by atoms with Gasteiger partial charge in [-0.15, -0.1) is 0 Å². The van der Waals surface area contributed by atoms with Gasteiger partial charge in [-0.2, -0.15) is 0 Å². The summed E-state index contributed by atoms with van der Waals surface area (Å²) in [5.74, 6) is -0.164. The van der Waals surface area contributed by atoms with Gasteiger partial charge in [-0.1, -0.05) is 72.8 Å². The molecule has 0 aliphatic rings. The number of carbonyl (C=O) groups is 2. The predicted molar refractivity (Wildman–Crippen MR) is 124 cm³/mol. The van der Waals surface area contributed by atoms with Gasteiger partial charge in [-0.25, -0.2) is 4.79 Å². The molecule has 0 fully saturated rings. The van der Waals surface area contributed by atoms with Crippen LogP contribution >= 0.6 is 0 Å². The minimum absolute atomic E-state index is 0.164. The van der Waals surface area contributed by atoms with Crippen LogP contribution < -0.4 is 5.32 Å². The summed E-state index contributed by atoms with van der Waals surface area (Å²) in [5, 5.41) is 5.02. The maximum Gasteiger partial charge on any atom is 0.408 e. The number of nitrogens with zero attached hydrogens (tertiary/aromatic N) is 1. The monoisotopic (exact) mass is 418 g/mol. The summed E-state index contributed by atoms with van der Waals surface area (Å²) in [4.78, 5) is 27.4. The third kappa shape index (κ3) is 6.57. The molecule has 2 amide bonds. The van der Waals surface area contributed by atoms with Gasteiger partial charge in [0.15, 0.2) is 0 Å². The summed E-state index contributed by atoms with van der Waals surface area (Å²) < 4.78 is 5.40. The Balaban J connectivity index is 1.80. The number of nitrogens with one attached hydrogen (secondary N) is 1. The predicted octanol–water partition coefficient (Wildman–Crippen LogP) is 4.93. The van der Waals surface area contributed by atoms with Crippen molar-refractivity contribution in [3.63, 3.8) is 0 Å². The van der Waals surface area contributed by atoms with Crippen LogP contribution in [0, 0.1) is 0 Å². The van der Waals surface area contributed by atoms with Crippen molar-refractivity contribution < 1.29 is 14.3 Å². The fraction of sp³-hybridized carbons (Fsp3) is 0.308. The van der Waals surface area contributed by atoms with Gasteiger partial charge in [-0.3, -0.25) is 4.79 Å². The van der Waals surface area contributed by atoms with Crippen molar-refractivity contribution in [2.75, 3.05) is 7.05 Å².